The summed E-state index contributed by atoms with van der Waals surface area (Å²) < 4.78 is 28.2. The van der Waals surface area contributed by atoms with Gasteiger partial charge in [0.2, 0.25) is 0 Å². The van der Waals surface area contributed by atoms with Gasteiger partial charge in [0.15, 0.2) is 0 Å². The van der Waals surface area contributed by atoms with Gasteiger partial charge >= 0.3 is 10.2 Å². The lowest BCUT2D eigenvalue weighted by Crippen LogP contribution is -2.48. The first kappa shape index (κ1) is 15.2. The first-order chi connectivity index (χ1) is 9.40. The van der Waals surface area contributed by atoms with E-state index in [2.05, 4.69) is 26.0 Å². The van der Waals surface area contributed by atoms with Gasteiger partial charge in [0.05, 0.1) is 15.1 Å². The van der Waals surface area contributed by atoms with Crippen molar-refractivity contribution in [2.24, 2.45) is 0 Å². The third-order valence-electron chi connectivity index (χ3n) is 2.81. The molecule has 0 unspecified atom stereocenters. The van der Waals surface area contributed by atoms with Crippen LogP contribution in [0.5, 0.6) is 0 Å². The molecule has 0 saturated carbocycles. The number of hydrogen-bond acceptors (Lipinski definition) is 5. The normalized spacial score (nSPS) is 16.9. The quantitative estimate of drug-likeness (QED) is 0.610. The number of benzene rings is 1. The minimum Gasteiger partial charge on any atom is -0.314 e. The fourth-order valence-electron chi connectivity index (χ4n) is 1.81. The first-order valence-corrected chi connectivity index (χ1v) is 8.06. The van der Waals surface area contributed by atoms with Crippen LogP contribution in [-0.4, -0.2) is 43.8 Å². The Morgan fingerprint density at radius 1 is 1.35 bits per heavy atom. The maximum absolute atomic E-state index is 12.1. The lowest BCUT2D eigenvalue weighted by molar-refractivity contribution is -0.385. The first-order valence-electron chi connectivity index (χ1n) is 5.83. The van der Waals surface area contributed by atoms with Crippen LogP contribution in [0.25, 0.3) is 0 Å². The number of nitro groups is 1. The molecule has 1 fully saturated rings. The van der Waals surface area contributed by atoms with Gasteiger partial charge in [-0.3, -0.25) is 14.8 Å². The van der Waals surface area contributed by atoms with Crippen LogP contribution in [0, 0.1) is 10.1 Å². The summed E-state index contributed by atoms with van der Waals surface area (Å²) in [6, 6.07) is 4.09. The number of nitro benzene ring substituents is 1. The monoisotopic (exact) mass is 364 g/mol. The van der Waals surface area contributed by atoms with Gasteiger partial charge < -0.3 is 5.32 Å². The van der Waals surface area contributed by atoms with E-state index in [0.717, 1.165) is 0 Å². The van der Waals surface area contributed by atoms with E-state index >= 15 is 0 Å². The van der Waals surface area contributed by atoms with Crippen molar-refractivity contribution >= 4 is 37.5 Å². The highest BCUT2D eigenvalue weighted by Crippen LogP contribution is 2.28. The van der Waals surface area contributed by atoms with Gasteiger partial charge in [-0.25, -0.2) is 0 Å². The van der Waals surface area contributed by atoms with Gasteiger partial charge in [0.25, 0.3) is 5.69 Å². The summed E-state index contributed by atoms with van der Waals surface area (Å²) in [7, 11) is -3.69. The van der Waals surface area contributed by atoms with Crippen LogP contribution in [0.15, 0.2) is 22.7 Å². The van der Waals surface area contributed by atoms with Gasteiger partial charge in [0, 0.05) is 32.2 Å². The topological polar surface area (TPSA) is 105 Å². The van der Waals surface area contributed by atoms with Crippen molar-refractivity contribution < 1.29 is 13.3 Å². The molecule has 1 saturated heterocycles. The number of anilines is 1. The van der Waals surface area contributed by atoms with Crippen molar-refractivity contribution in [1.82, 2.24) is 9.62 Å². The Morgan fingerprint density at radius 2 is 2.00 bits per heavy atom. The standard InChI is InChI=1S/C10H13BrN4O4S/c11-9-2-1-8(7-10(9)15(16)17)13-20(18,19)14-5-3-12-4-6-14/h1-2,7,12-13H,3-6H2. The molecule has 1 aromatic carbocycles. The fourth-order valence-corrected chi connectivity index (χ4v) is 3.42. The molecule has 0 bridgehead atoms. The van der Waals surface area contributed by atoms with Crippen molar-refractivity contribution in [3.05, 3.63) is 32.8 Å². The highest BCUT2D eigenvalue weighted by molar-refractivity contribution is 9.10. The lowest BCUT2D eigenvalue weighted by Gasteiger charge is -2.26. The third-order valence-corrected chi connectivity index (χ3v) is 5.01. The minimum atomic E-state index is -3.69. The summed E-state index contributed by atoms with van der Waals surface area (Å²) in [5.74, 6) is 0. The molecule has 10 heteroatoms. The van der Waals surface area contributed by atoms with E-state index < -0.39 is 15.1 Å². The number of rotatable bonds is 4. The van der Waals surface area contributed by atoms with Crippen LogP contribution >= 0.6 is 15.9 Å². The second-order valence-corrected chi connectivity index (χ2v) is 6.70. The number of hydrogen-bond donors (Lipinski definition) is 2. The van der Waals surface area contributed by atoms with Crippen molar-refractivity contribution in [2.75, 3.05) is 30.9 Å². The SMILES string of the molecule is O=[N+]([O-])c1cc(NS(=O)(=O)N2CCNCC2)ccc1Br. The maximum Gasteiger partial charge on any atom is 0.301 e. The van der Waals surface area contributed by atoms with Gasteiger partial charge in [-0.15, -0.1) is 0 Å². The van der Waals surface area contributed by atoms with Gasteiger partial charge in [-0.1, -0.05) is 0 Å². The molecule has 1 heterocycles. The summed E-state index contributed by atoms with van der Waals surface area (Å²) in [4.78, 5) is 10.2. The average molecular weight is 365 g/mol. The van der Waals surface area contributed by atoms with Crippen molar-refractivity contribution in [1.29, 1.82) is 0 Å². The van der Waals surface area contributed by atoms with Crippen LogP contribution in [0.1, 0.15) is 0 Å². The second kappa shape index (κ2) is 6.04. The Kier molecular flexibility index (Phi) is 4.58. The predicted octanol–water partition coefficient (Wildman–Crippen LogP) is 0.919. The lowest BCUT2D eigenvalue weighted by atomic mass is 10.3. The van der Waals surface area contributed by atoms with E-state index in [1.54, 1.807) is 0 Å². The predicted molar refractivity (Wildman–Crippen MR) is 77.8 cm³/mol. The zero-order valence-electron chi connectivity index (χ0n) is 10.4. The van der Waals surface area contributed by atoms with Crippen molar-refractivity contribution in [2.45, 2.75) is 0 Å². The second-order valence-electron chi connectivity index (χ2n) is 4.18. The molecule has 0 radical (unpaired) electrons. The average Bonchev–Trinajstić information content (AvgIpc) is 2.41. The summed E-state index contributed by atoms with van der Waals surface area (Å²) >= 11 is 3.05. The van der Waals surface area contributed by atoms with Crippen molar-refractivity contribution in [3.63, 3.8) is 0 Å². The largest absolute Gasteiger partial charge is 0.314 e. The Hall–Kier alpha value is -1.23. The van der Waals surface area contributed by atoms with E-state index in [1.807, 2.05) is 0 Å². The highest BCUT2D eigenvalue weighted by Gasteiger charge is 2.24. The fraction of sp³-hybridized carbons (Fsp3) is 0.400. The molecule has 8 nitrogen and oxygen atoms in total. The van der Waals surface area contributed by atoms with Crippen LogP contribution in [0.3, 0.4) is 0 Å². The molecule has 110 valence electrons. The van der Waals surface area contributed by atoms with E-state index in [-0.39, 0.29) is 11.4 Å². The van der Waals surface area contributed by atoms with Crippen LogP contribution < -0.4 is 10.0 Å². The van der Waals surface area contributed by atoms with E-state index in [4.69, 9.17) is 0 Å². The smallest absolute Gasteiger partial charge is 0.301 e. The van der Waals surface area contributed by atoms with E-state index in [0.29, 0.717) is 30.7 Å². The number of piperazine rings is 1. The van der Waals surface area contributed by atoms with E-state index in [9.17, 15) is 18.5 Å². The summed E-state index contributed by atoms with van der Waals surface area (Å²) in [5, 5.41) is 13.9. The molecule has 0 amide bonds. The molecule has 20 heavy (non-hydrogen) atoms. The molecule has 1 aromatic rings. The maximum atomic E-state index is 12.1. The Balaban J connectivity index is 2.20. The molecule has 1 aliphatic heterocycles. The highest BCUT2D eigenvalue weighted by atomic mass is 79.9. The number of nitrogens with one attached hydrogen (secondary N) is 2. The van der Waals surface area contributed by atoms with Crippen molar-refractivity contribution in [3.8, 4) is 0 Å². The molecule has 2 rings (SSSR count). The molecular weight excluding hydrogens is 352 g/mol. The Bertz CT molecular complexity index is 616. The summed E-state index contributed by atoms with van der Waals surface area (Å²) in [5.41, 5.74) is -0.0241. The zero-order valence-corrected chi connectivity index (χ0v) is 12.8. The molecule has 1 aliphatic rings. The van der Waals surface area contributed by atoms with Gasteiger partial charge in [-0.05, 0) is 28.1 Å². The molecule has 0 aliphatic carbocycles. The Morgan fingerprint density at radius 3 is 2.60 bits per heavy atom. The van der Waals surface area contributed by atoms with Crippen LogP contribution in [0.4, 0.5) is 11.4 Å². The number of nitrogens with zero attached hydrogens (tertiary/aromatic N) is 2. The van der Waals surface area contributed by atoms with Crippen LogP contribution in [-0.2, 0) is 10.2 Å². The minimum absolute atomic E-state index is 0.165. The summed E-state index contributed by atoms with van der Waals surface area (Å²) in [6.45, 7) is 1.91. The van der Waals surface area contributed by atoms with Gasteiger partial charge in [0.1, 0.15) is 0 Å². The summed E-state index contributed by atoms with van der Waals surface area (Å²) in [6.07, 6.45) is 0. The molecule has 2 N–H and O–H groups in total. The van der Waals surface area contributed by atoms with Gasteiger partial charge in [-0.2, -0.15) is 12.7 Å². The Labute approximate surface area is 124 Å². The molecule has 0 spiro atoms. The van der Waals surface area contributed by atoms with E-state index in [1.165, 1.54) is 22.5 Å². The molecule has 0 aromatic heterocycles. The third kappa shape index (κ3) is 3.45. The molecule has 0 atom stereocenters. The zero-order chi connectivity index (χ0) is 14.8. The number of halogens is 1. The van der Waals surface area contributed by atoms with Crippen LogP contribution in [0.2, 0.25) is 0 Å². The molecular formula is C10H13BrN4O4S.